The van der Waals surface area contributed by atoms with Crippen LogP contribution in [0.4, 0.5) is 5.69 Å². The summed E-state index contributed by atoms with van der Waals surface area (Å²) >= 11 is 3.34. The van der Waals surface area contributed by atoms with Crippen LogP contribution in [0.5, 0.6) is 0 Å². The van der Waals surface area contributed by atoms with Gasteiger partial charge in [-0.15, -0.1) is 0 Å². The second-order valence-corrected chi connectivity index (χ2v) is 7.33. The van der Waals surface area contributed by atoms with E-state index in [0.29, 0.717) is 0 Å². The second-order valence-electron chi connectivity index (χ2n) is 4.80. The number of aryl methyl sites for hydroxylation is 2. The molecule has 1 N–H and O–H groups in total. The molecule has 0 spiro atoms. The quantitative estimate of drug-likeness (QED) is 0.918. The summed E-state index contributed by atoms with van der Waals surface area (Å²) in [6.45, 7) is 7.04. The Morgan fingerprint density at radius 2 is 2.25 bits per heavy atom. The molecule has 20 heavy (non-hydrogen) atoms. The number of benzene rings is 1. The van der Waals surface area contributed by atoms with Crippen molar-refractivity contribution in [1.82, 2.24) is 0 Å². The lowest BCUT2D eigenvalue weighted by molar-refractivity contribution is -0.115. The minimum absolute atomic E-state index is 0.0657. The highest BCUT2D eigenvalue weighted by atomic mass is 32.2. The van der Waals surface area contributed by atoms with Gasteiger partial charge < -0.3 is 5.32 Å². The highest BCUT2D eigenvalue weighted by Gasteiger charge is 2.21. The van der Waals surface area contributed by atoms with Crippen LogP contribution in [-0.2, 0) is 4.79 Å². The number of anilines is 1. The van der Waals surface area contributed by atoms with Crippen LogP contribution in [0.25, 0.3) is 0 Å². The number of nitrogens with one attached hydrogen (secondary N) is 1. The van der Waals surface area contributed by atoms with Gasteiger partial charge in [0.15, 0.2) is 0 Å². The highest BCUT2D eigenvalue weighted by Crippen LogP contribution is 2.28. The molecule has 1 aromatic rings. The van der Waals surface area contributed by atoms with Crippen LogP contribution in [0.1, 0.15) is 24.5 Å². The molecule has 1 heterocycles. The van der Waals surface area contributed by atoms with E-state index < -0.39 is 0 Å². The zero-order valence-electron chi connectivity index (χ0n) is 12.1. The van der Waals surface area contributed by atoms with Crippen LogP contribution in [0.2, 0.25) is 0 Å². The molecular formula is C15H20N2OS2. The van der Waals surface area contributed by atoms with Crippen molar-refractivity contribution in [2.24, 2.45) is 4.99 Å². The lowest BCUT2D eigenvalue weighted by Gasteiger charge is -2.15. The summed E-state index contributed by atoms with van der Waals surface area (Å²) in [7, 11) is 0. The summed E-state index contributed by atoms with van der Waals surface area (Å²) in [5, 5.41) is 2.94. The second kappa shape index (κ2) is 7.18. The van der Waals surface area contributed by atoms with Crippen LogP contribution in [0.3, 0.4) is 0 Å². The van der Waals surface area contributed by atoms with E-state index in [0.717, 1.165) is 28.8 Å². The summed E-state index contributed by atoms with van der Waals surface area (Å²) in [4.78, 5) is 16.7. The third-order valence-electron chi connectivity index (χ3n) is 3.24. The van der Waals surface area contributed by atoms with Crippen LogP contribution in [0, 0.1) is 13.8 Å². The standard InChI is InChI=1S/C15H20N2OS2/c1-4-13(20-15-16-7-8-19-15)14(18)17-12-6-5-10(2)11(3)9-12/h5-6,9,13H,4,7-8H2,1-3H3,(H,17,18). The van der Waals surface area contributed by atoms with Gasteiger partial charge >= 0.3 is 0 Å². The normalized spacial score (nSPS) is 15.8. The number of hydrogen-bond acceptors (Lipinski definition) is 4. The Bertz CT molecular complexity index is 529. The van der Waals surface area contributed by atoms with Gasteiger partial charge in [-0.3, -0.25) is 9.79 Å². The first-order valence-corrected chi connectivity index (χ1v) is 8.68. The van der Waals surface area contributed by atoms with Crippen molar-refractivity contribution in [3.8, 4) is 0 Å². The number of carbonyl (C=O) groups excluding carboxylic acids is 1. The van der Waals surface area contributed by atoms with E-state index in [2.05, 4.69) is 24.2 Å². The lowest BCUT2D eigenvalue weighted by Crippen LogP contribution is -2.25. The molecule has 0 saturated heterocycles. The van der Waals surface area contributed by atoms with Gasteiger partial charge in [0.2, 0.25) is 5.91 Å². The fourth-order valence-electron chi connectivity index (χ4n) is 1.87. The van der Waals surface area contributed by atoms with Gasteiger partial charge in [0, 0.05) is 11.4 Å². The highest BCUT2D eigenvalue weighted by molar-refractivity contribution is 8.39. The predicted molar refractivity (Wildman–Crippen MR) is 91.0 cm³/mol. The van der Waals surface area contributed by atoms with Crippen LogP contribution < -0.4 is 5.32 Å². The molecule has 5 heteroatoms. The average molecular weight is 308 g/mol. The van der Waals surface area contributed by atoms with Gasteiger partial charge in [0.05, 0.1) is 11.8 Å². The Hall–Kier alpha value is -0.940. The Kier molecular flexibility index (Phi) is 5.54. The summed E-state index contributed by atoms with van der Waals surface area (Å²) in [6.07, 6.45) is 0.806. The number of amides is 1. The molecule has 2 rings (SSSR count). The SMILES string of the molecule is CCC(SC1=NCCS1)C(=O)Nc1ccc(C)c(C)c1. The molecule has 1 unspecified atom stereocenters. The maximum atomic E-state index is 12.3. The van der Waals surface area contributed by atoms with E-state index >= 15 is 0 Å². The molecule has 0 fully saturated rings. The van der Waals surface area contributed by atoms with Crippen molar-refractivity contribution >= 4 is 39.5 Å². The Morgan fingerprint density at radius 3 is 2.85 bits per heavy atom. The molecule has 1 aliphatic heterocycles. The van der Waals surface area contributed by atoms with Crippen molar-refractivity contribution in [3.63, 3.8) is 0 Å². The minimum Gasteiger partial charge on any atom is -0.325 e. The number of thioether (sulfide) groups is 2. The molecule has 0 bridgehead atoms. The van der Waals surface area contributed by atoms with Crippen molar-refractivity contribution in [2.75, 3.05) is 17.6 Å². The van der Waals surface area contributed by atoms with Crippen LogP contribution >= 0.6 is 23.5 Å². The van der Waals surface area contributed by atoms with Crippen molar-refractivity contribution < 1.29 is 4.79 Å². The van der Waals surface area contributed by atoms with Gasteiger partial charge in [0.1, 0.15) is 4.38 Å². The summed E-state index contributed by atoms with van der Waals surface area (Å²) in [5.41, 5.74) is 3.30. The zero-order valence-corrected chi connectivity index (χ0v) is 13.7. The molecule has 0 aliphatic carbocycles. The maximum Gasteiger partial charge on any atom is 0.237 e. The van der Waals surface area contributed by atoms with Gasteiger partial charge in [-0.2, -0.15) is 0 Å². The average Bonchev–Trinajstić information content (AvgIpc) is 2.93. The molecule has 1 aliphatic rings. The first-order valence-electron chi connectivity index (χ1n) is 6.82. The van der Waals surface area contributed by atoms with Gasteiger partial charge in [-0.05, 0) is 43.5 Å². The molecule has 0 aromatic heterocycles. The Labute approximate surface area is 129 Å². The van der Waals surface area contributed by atoms with Gasteiger partial charge in [-0.25, -0.2) is 0 Å². The fraction of sp³-hybridized carbons (Fsp3) is 0.467. The molecule has 1 amide bonds. The molecule has 3 nitrogen and oxygen atoms in total. The summed E-state index contributed by atoms with van der Waals surface area (Å²) < 4.78 is 1.05. The largest absolute Gasteiger partial charge is 0.325 e. The molecule has 108 valence electrons. The molecule has 1 atom stereocenters. The minimum atomic E-state index is -0.0686. The van der Waals surface area contributed by atoms with E-state index in [4.69, 9.17) is 0 Å². The zero-order chi connectivity index (χ0) is 14.5. The van der Waals surface area contributed by atoms with Gasteiger partial charge in [-0.1, -0.05) is 36.5 Å². The van der Waals surface area contributed by atoms with E-state index in [1.165, 1.54) is 11.1 Å². The summed E-state index contributed by atoms with van der Waals surface area (Å²) in [6, 6.07) is 6.02. The van der Waals surface area contributed by atoms with Crippen LogP contribution in [0.15, 0.2) is 23.2 Å². The number of hydrogen-bond donors (Lipinski definition) is 1. The monoisotopic (exact) mass is 308 g/mol. The van der Waals surface area contributed by atoms with E-state index in [9.17, 15) is 4.79 Å². The van der Waals surface area contributed by atoms with E-state index in [-0.39, 0.29) is 11.2 Å². The van der Waals surface area contributed by atoms with Crippen molar-refractivity contribution in [3.05, 3.63) is 29.3 Å². The molecular weight excluding hydrogens is 288 g/mol. The number of carbonyl (C=O) groups is 1. The molecule has 0 radical (unpaired) electrons. The number of aliphatic imine (C=N–C) groups is 1. The summed E-state index contributed by atoms with van der Waals surface area (Å²) in [5.74, 6) is 1.10. The fourth-order valence-corrected chi connectivity index (χ4v) is 4.02. The lowest BCUT2D eigenvalue weighted by atomic mass is 10.1. The van der Waals surface area contributed by atoms with Crippen molar-refractivity contribution in [1.29, 1.82) is 0 Å². The first-order chi connectivity index (χ1) is 9.60. The molecule has 0 saturated carbocycles. The van der Waals surface area contributed by atoms with Crippen molar-refractivity contribution in [2.45, 2.75) is 32.4 Å². The maximum absolute atomic E-state index is 12.3. The Morgan fingerprint density at radius 1 is 1.45 bits per heavy atom. The third kappa shape index (κ3) is 4.03. The van der Waals surface area contributed by atoms with Crippen LogP contribution in [-0.4, -0.2) is 27.8 Å². The van der Waals surface area contributed by atoms with E-state index in [1.807, 2.05) is 25.1 Å². The predicted octanol–water partition coefficient (Wildman–Crippen LogP) is 3.86. The molecule has 1 aromatic carbocycles. The first kappa shape index (κ1) is 15.4. The van der Waals surface area contributed by atoms with Gasteiger partial charge in [0.25, 0.3) is 0 Å². The Balaban J connectivity index is 1.99. The third-order valence-corrected chi connectivity index (χ3v) is 5.81. The van der Waals surface area contributed by atoms with E-state index in [1.54, 1.807) is 23.5 Å². The number of nitrogens with zero attached hydrogens (tertiary/aromatic N) is 1. The smallest absolute Gasteiger partial charge is 0.237 e. The number of rotatable bonds is 4. The topological polar surface area (TPSA) is 41.5 Å².